The second-order valence-electron chi connectivity index (χ2n) is 5.50. The molecule has 0 aliphatic carbocycles. The first-order valence-electron chi connectivity index (χ1n) is 8.07. The highest BCUT2D eigenvalue weighted by Crippen LogP contribution is 2.20. The van der Waals surface area contributed by atoms with Gasteiger partial charge in [-0.05, 0) is 29.7 Å². The lowest BCUT2D eigenvalue weighted by Crippen LogP contribution is -2.42. The fourth-order valence-corrected chi connectivity index (χ4v) is 2.42. The van der Waals surface area contributed by atoms with Gasteiger partial charge in [0.1, 0.15) is 6.04 Å². The Kier molecular flexibility index (Phi) is 6.37. The minimum absolute atomic E-state index is 0.404. The molecule has 0 aliphatic heterocycles. The van der Waals surface area contributed by atoms with Crippen molar-refractivity contribution in [3.63, 3.8) is 0 Å². The summed E-state index contributed by atoms with van der Waals surface area (Å²) in [4.78, 5) is 23.9. The molecule has 0 saturated carbocycles. The summed E-state index contributed by atoms with van der Waals surface area (Å²) in [7, 11) is 1.47. The molecule has 0 bridgehead atoms. The van der Waals surface area contributed by atoms with Crippen LogP contribution in [0.2, 0.25) is 0 Å². The Morgan fingerprint density at radius 2 is 1.67 bits per heavy atom. The van der Waals surface area contributed by atoms with Crippen molar-refractivity contribution in [1.29, 1.82) is 0 Å². The lowest BCUT2D eigenvalue weighted by Gasteiger charge is -2.19. The highest BCUT2D eigenvalue weighted by atomic mass is 16.2. The van der Waals surface area contributed by atoms with Gasteiger partial charge in [0, 0.05) is 12.7 Å². The van der Waals surface area contributed by atoms with E-state index in [2.05, 4.69) is 22.9 Å². The number of carbonyl (C=O) groups excluding carboxylic acids is 2. The monoisotopic (exact) mass is 325 g/mol. The number of aryl methyl sites for hydroxylation is 1. The summed E-state index contributed by atoms with van der Waals surface area (Å²) < 4.78 is 0. The molecule has 0 saturated heterocycles. The Morgan fingerprint density at radius 1 is 1.00 bits per heavy atom. The van der Waals surface area contributed by atoms with Crippen molar-refractivity contribution < 1.29 is 9.59 Å². The molecule has 0 unspecified atom stereocenters. The van der Waals surface area contributed by atoms with Gasteiger partial charge in [-0.25, -0.2) is 4.79 Å². The summed E-state index contributed by atoms with van der Waals surface area (Å²) in [6.07, 6.45) is 2.12. The van der Waals surface area contributed by atoms with Gasteiger partial charge >= 0.3 is 6.03 Å². The first-order valence-corrected chi connectivity index (χ1v) is 8.07. The lowest BCUT2D eigenvalue weighted by molar-refractivity contribution is -0.120. The molecule has 0 aromatic heterocycles. The van der Waals surface area contributed by atoms with Crippen LogP contribution in [0.25, 0.3) is 0 Å². The number of urea groups is 1. The van der Waals surface area contributed by atoms with Gasteiger partial charge in [0.15, 0.2) is 0 Å². The molecule has 24 heavy (non-hydrogen) atoms. The van der Waals surface area contributed by atoms with Crippen LogP contribution in [0.4, 0.5) is 10.5 Å². The van der Waals surface area contributed by atoms with E-state index in [4.69, 9.17) is 0 Å². The van der Waals surface area contributed by atoms with E-state index in [0.29, 0.717) is 0 Å². The third-order valence-corrected chi connectivity index (χ3v) is 3.66. The molecule has 5 heteroatoms. The molecule has 2 aromatic rings. The predicted molar refractivity (Wildman–Crippen MR) is 95.8 cm³/mol. The minimum Gasteiger partial charge on any atom is -0.370 e. The fourth-order valence-electron chi connectivity index (χ4n) is 2.42. The van der Waals surface area contributed by atoms with Crippen LogP contribution < -0.4 is 16.0 Å². The van der Waals surface area contributed by atoms with E-state index < -0.39 is 18.0 Å². The van der Waals surface area contributed by atoms with Crippen molar-refractivity contribution in [1.82, 2.24) is 10.6 Å². The van der Waals surface area contributed by atoms with E-state index in [-0.39, 0.29) is 0 Å². The van der Waals surface area contributed by atoms with Gasteiger partial charge < -0.3 is 10.6 Å². The SMILES string of the molecule is CCCc1ccc(N[C@H](C(=O)NC(=O)NC)c2ccccc2)cc1. The number of carbonyl (C=O) groups is 2. The lowest BCUT2D eigenvalue weighted by atomic mass is 10.0. The molecule has 2 aromatic carbocycles. The van der Waals surface area contributed by atoms with Crippen LogP contribution in [0.1, 0.15) is 30.5 Å². The van der Waals surface area contributed by atoms with E-state index >= 15 is 0 Å². The van der Waals surface area contributed by atoms with Gasteiger partial charge in [0.2, 0.25) is 0 Å². The average Bonchev–Trinajstić information content (AvgIpc) is 2.61. The van der Waals surface area contributed by atoms with Gasteiger partial charge in [0.05, 0.1) is 0 Å². The van der Waals surface area contributed by atoms with Crippen molar-refractivity contribution in [3.8, 4) is 0 Å². The first-order chi connectivity index (χ1) is 11.6. The second kappa shape index (κ2) is 8.72. The van der Waals surface area contributed by atoms with Crippen molar-refractivity contribution >= 4 is 17.6 Å². The molecule has 0 heterocycles. The van der Waals surface area contributed by atoms with Gasteiger partial charge in [-0.2, -0.15) is 0 Å². The topological polar surface area (TPSA) is 70.2 Å². The fraction of sp³-hybridized carbons (Fsp3) is 0.263. The highest BCUT2D eigenvalue weighted by molar-refractivity contribution is 5.98. The third-order valence-electron chi connectivity index (χ3n) is 3.66. The summed E-state index contributed by atoms with van der Waals surface area (Å²) in [6.45, 7) is 2.14. The van der Waals surface area contributed by atoms with E-state index in [1.54, 1.807) is 0 Å². The molecule has 126 valence electrons. The summed E-state index contributed by atoms with van der Waals surface area (Å²) >= 11 is 0. The third kappa shape index (κ3) is 4.84. The number of nitrogens with one attached hydrogen (secondary N) is 3. The van der Waals surface area contributed by atoms with E-state index in [9.17, 15) is 9.59 Å². The Hall–Kier alpha value is -2.82. The summed E-state index contributed by atoms with van der Waals surface area (Å²) in [5.74, 6) is -0.404. The molecule has 0 aliphatic rings. The smallest absolute Gasteiger partial charge is 0.321 e. The molecule has 5 nitrogen and oxygen atoms in total. The summed E-state index contributed by atoms with van der Waals surface area (Å²) in [5, 5.41) is 7.92. The Morgan fingerprint density at radius 3 is 2.25 bits per heavy atom. The van der Waals surface area contributed by atoms with Crippen LogP contribution in [0.5, 0.6) is 0 Å². The van der Waals surface area contributed by atoms with E-state index in [1.165, 1.54) is 12.6 Å². The maximum atomic E-state index is 12.5. The van der Waals surface area contributed by atoms with Crippen molar-refractivity contribution in [2.45, 2.75) is 25.8 Å². The maximum absolute atomic E-state index is 12.5. The van der Waals surface area contributed by atoms with Crippen LogP contribution in [0.15, 0.2) is 54.6 Å². The van der Waals surface area contributed by atoms with Crippen LogP contribution >= 0.6 is 0 Å². The highest BCUT2D eigenvalue weighted by Gasteiger charge is 2.22. The molecule has 3 N–H and O–H groups in total. The van der Waals surface area contributed by atoms with Crippen LogP contribution in [0.3, 0.4) is 0 Å². The normalized spacial score (nSPS) is 11.4. The number of benzene rings is 2. The van der Waals surface area contributed by atoms with Crippen LogP contribution in [-0.2, 0) is 11.2 Å². The van der Waals surface area contributed by atoms with Crippen molar-refractivity contribution in [2.24, 2.45) is 0 Å². The quantitative estimate of drug-likeness (QED) is 0.763. The van der Waals surface area contributed by atoms with Gasteiger partial charge in [-0.3, -0.25) is 10.1 Å². The second-order valence-corrected chi connectivity index (χ2v) is 5.50. The van der Waals surface area contributed by atoms with Crippen molar-refractivity contribution in [2.75, 3.05) is 12.4 Å². The molecular weight excluding hydrogens is 302 g/mol. The standard InChI is InChI=1S/C19H23N3O2/c1-3-7-14-10-12-16(13-11-14)21-17(15-8-5-4-6-9-15)18(23)22-19(24)20-2/h4-6,8-13,17,21H,3,7H2,1-2H3,(H2,20,22,23,24)/t17-/m0/s1. The molecule has 2 rings (SSSR count). The Balaban J connectivity index is 2.19. The zero-order valence-corrected chi connectivity index (χ0v) is 14.0. The molecule has 3 amide bonds. The van der Waals surface area contributed by atoms with E-state index in [0.717, 1.165) is 24.1 Å². The summed E-state index contributed by atoms with van der Waals surface area (Å²) in [6, 6.07) is 16.1. The molecule has 0 fully saturated rings. The predicted octanol–water partition coefficient (Wildman–Crippen LogP) is 3.25. The molecule has 0 radical (unpaired) electrons. The zero-order valence-electron chi connectivity index (χ0n) is 14.0. The number of rotatable bonds is 6. The van der Waals surface area contributed by atoms with E-state index in [1.807, 2.05) is 54.6 Å². The maximum Gasteiger partial charge on any atom is 0.321 e. The number of amides is 3. The molecular formula is C19H23N3O2. The Bertz CT molecular complexity index is 669. The largest absolute Gasteiger partial charge is 0.370 e. The van der Waals surface area contributed by atoms with Gasteiger partial charge in [-0.1, -0.05) is 55.8 Å². The first kappa shape index (κ1) is 17.5. The number of anilines is 1. The zero-order chi connectivity index (χ0) is 17.4. The molecule has 1 atom stereocenters. The minimum atomic E-state index is -0.652. The number of hydrogen-bond acceptors (Lipinski definition) is 3. The summed E-state index contributed by atoms with van der Waals surface area (Å²) in [5.41, 5.74) is 2.88. The van der Waals surface area contributed by atoms with Crippen LogP contribution in [0, 0.1) is 0 Å². The van der Waals surface area contributed by atoms with Gasteiger partial charge in [-0.15, -0.1) is 0 Å². The van der Waals surface area contributed by atoms with Crippen molar-refractivity contribution in [3.05, 3.63) is 65.7 Å². The number of imide groups is 1. The van der Waals surface area contributed by atoms with Crippen LogP contribution in [-0.4, -0.2) is 19.0 Å². The average molecular weight is 325 g/mol. The Labute approximate surface area is 142 Å². The number of hydrogen-bond donors (Lipinski definition) is 3. The molecule has 0 spiro atoms. The van der Waals surface area contributed by atoms with Gasteiger partial charge in [0.25, 0.3) is 5.91 Å².